The third-order valence-electron chi connectivity index (χ3n) is 5.35. The van der Waals surface area contributed by atoms with E-state index < -0.39 is 11.8 Å². The number of anilines is 1. The number of carbonyl (C=O) groups excluding carboxylic acids is 2. The molecule has 9 nitrogen and oxygen atoms in total. The molecular formula is C24H24N4O5S. The monoisotopic (exact) mass is 480 g/mol. The number of ether oxygens (including phenoxy) is 2. The first kappa shape index (κ1) is 23.4. The van der Waals surface area contributed by atoms with Crippen molar-refractivity contribution in [2.75, 3.05) is 19.0 Å². The fourth-order valence-corrected chi connectivity index (χ4v) is 4.63. The van der Waals surface area contributed by atoms with Gasteiger partial charge in [0.05, 0.1) is 12.7 Å². The van der Waals surface area contributed by atoms with Gasteiger partial charge in [0.15, 0.2) is 23.3 Å². The van der Waals surface area contributed by atoms with Gasteiger partial charge in [-0.15, -0.1) is 0 Å². The van der Waals surface area contributed by atoms with Crippen LogP contribution in [0, 0.1) is 6.92 Å². The van der Waals surface area contributed by atoms with E-state index >= 15 is 0 Å². The molecule has 1 aromatic heterocycles. The molecule has 0 spiro atoms. The molecule has 1 atom stereocenters. The number of nitrogens with one attached hydrogen (secondary N) is 2. The van der Waals surface area contributed by atoms with Crippen LogP contribution < -0.4 is 26.1 Å². The van der Waals surface area contributed by atoms with E-state index in [1.807, 2.05) is 25.1 Å². The van der Waals surface area contributed by atoms with Gasteiger partial charge in [0, 0.05) is 18.1 Å². The van der Waals surface area contributed by atoms with Gasteiger partial charge in [0.2, 0.25) is 5.91 Å². The van der Waals surface area contributed by atoms with Crippen molar-refractivity contribution in [3.05, 3.63) is 75.1 Å². The zero-order valence-electron chi connectivity index (χ0n) is 18.7. The number of rotatable bonds is 8. The molecule has 4 rings (SSSR count). The van der Waals surface area contributed by atoms with Crippen LogP contribution in [0.1, 0.15) is 34.6 Å². The number of nitrogens with zero attached hydrogens (tertiary/aromatic N) is 1. The molecule has 2 aromatic carbocycles. The Kier molecular flexibility index (Phi) is 6.87. The van der Waals surface area contributed by atoms with Crippen LogP contribution in [0.3, 0.4) is 0 Å². The predicted molar refractivity (Wildman–Crippen MR) is 128 cm³/mol. The molecule has 0 aliphatic carbocycles. The second-order valence-electron chi connectivity index (χ2n) is 7.88. The van der Waals surface area contributed by atoms with E-state index in [9.17, 15) is 14.4 Å². The number of aryl methyl sites for hydroxylation is 1. The van der Waals surface area contributed by atoms with Crippen LogP contribution in [0.2, 0.25) is 0 Å². The lowest BCUT2D eigenvalue weighted by Crippen LogP contribution is -2.31. The van der Waals surface area contributed by atoms with Crippen molar-refractivity contribution in [1.29, 1.82) is 0 Å². The number of benzene rings is 2. The van der Waals surface area contributed by atoms with E-state index in [4.69, 9.17) is 15.2 Å². The number of primary amides is 1. The van der Waals surface area contributed by atoms with Crippen LogP contribution >= 0.6 is 11.8 Å². The van der Waals surface area contributed by atoms with Gasteiger partial charge >= 0.3 is 0 Å². The van der Waals surface area contributed by atoms with Crippen molar-refractivity contribution < 1.29 is 19.1 Å². The van der Waals surface area contributed by atoms with Gasteiger partial charge in [0.25, 0.3) is 11.5 Å². The second kappa shape index (κ2) is 10.0. The summed E-state index contributed by atoms with van der Waals surface area (Å²) >= 11 is 1.39. The first-order valence-electron chi connectivity index (χ1n) is 10.6. The molecule has 10 heteroatoms. The standard InChI is InChI=1S/C24H24N4O5S/c1-13-4-3-5-14(8-13)12-34-24-27-22-21(23(31)28-24)16(10-20(30)26-22)15-6-7-17(18(9-15)32-2)33-11-19(25)29/h3-9,16H,10-12H2,1-2H3,(H2,25,29)(H2,26,27,28,30,31)/t16-/m0/s1. The molecule has 0 saturated heterocycles. The summed E-state index contributed by atoms with van der Waals surface area (Å²) in [7, 11) is 1.46. The van der Waals surface area contributed by atoms with Crippen LogP contribution in [0.15, 0.2) is 52.4 Å². The number of aromatic amines is 1. The SMILES string of the molecule is COc1cc([C@@H]2CC(=O)Nc3nc(SCc4cccc(C)c4)[nH]c(=O)c32)ccc1OCC(N)=O. The van der Waals surface area contributed by atoms with E-state index in [0.29, 0.717) is 33.5 Å². The number of carbonyl (C=O) groups is 2. The topological polar surface area (TPSA) is 136 Å². The van der Waals surface area contributed by atoms with E-state index in [0.717, 1.165) is 11.1 Å². The lowest BCUT2D eigenvalue weighted by atomic mass is 9.86. The lowest BCUT2D eigenvalue weighted by Gasteiger charge is -2.25. The first-order valence-corrected chi connectivity index (χ1v) is 11.5. The van der Waals surface area contributed by atoms with Crippen LogP contribution in [-0.4, -0.2) is 35.5 Å². The number of hydrogen-bond acceptors (Lipinski definition) is 7. The van der Waals surface area contributed by atoms with Gasteiger partial charge in [-0.25, -0.2) is 4.98 Å². The molecule has 0 saturated carbocycles. The second-order valence-corrected chi connectivity index (χ2v) is 8.85. The van der Waals surface area contributed by atoms with Gasteiger partial charge in [0.1, 0.15) is 5.82 Å². The molecule has 176 valence electrons. The van der Waals surface area contributed by atoms with E-state index in [1.165, 1.54) is 18.9 Å². The number of thioether (sulfide) groups is 1. The summed E-state index contributed by atoms with van der Waals surface area (Å²) in [5, 5.41) is 3.16. The largest absolute Gasteiger partial charge is 0.493 e. The van der Waals surface area contributed by atoms with Crippen LogP contribution in [-0.2, 0) is 15.3 Å². The Morgan fingerprint density at radius 2 is 2.03 bits per heavy atom. The highest BCUT2D eigenvalue weighted by Crippen LogP contribution is 2.38. The number of nitrogens with two attached hydrogens (primary N) is 1. The number of H-pyrrole nitrogens is 1. The van der Waals surface area contributed by atoms with E-state index in [1.54, 1.807) is 18.2 Å². The van der Waals surface area contributed by atoms with Crippen LogP contribution in [0.25, 0.3) is 0 Å². The van der Waals surface area contributed by atoms with Crippen LogP contribution in [0.5, 0.6) is 11.5 Å². The van der Waals surface area contributed by atoms with Crippen molar-refractivity contribution in [1.82, 2.24) is 9.97 Å². The summed E-state index contributed by atoms with van der Waals surface area (Å²) in [6.07, 6.45) is 0.0815. The van der Waals surface area contributed by atoms with Crippen molar-refractivity contribution in [3.63, 3.8) is 0 Å². The molecule has 2 heterocycles. The molecule has 1 aliphatic heterocycles. The van der Waals surface area contributed by atoms with Gasteiger partial charge < -0.3 is 25.5 Å². The number of amides is 2. The van der Waals surface area contributed by atoms with E-state index in [-0.39, 0.29) is 30.3 Å². The molecule has 0 fully saturated rings. The Labute approximate surface area is 200 Å². The maximum Gasteiger partial charge on any atom is 0.257 e. The smallest absolute Gasteiger partial charge is 0.257 e. The highest BCUT2D eigenvalue weighted by Gasteiger charge is 2.31. The normalized spacial score (nSPS) is 14.8. The fraction of sp³-hybridized carbons (Fsp3) is 0.250. The van der Waals surface area contributed by atoms with Crippen molar-refractivity contribution in [2.45, 2.75) is 30.2 Å². The predicted octanol–water partition coefficient (Wildman–Crippen LogP) is 2.72. The maximum atomic E-state index is 13.1. The Bertz CT molecular complexity index is 1310. The molecule has 0 unspecified atom stereocenters. The minimum atomic E-state index is -0.613. The molecule has 1 aliphatic rings. The van der Waals surface area contributed by atoms with Crippen molar-refractivity contribution in [3.8, 4) is 11.5 Å². The summed E-state index contributed by atoms with van der Waals surface area (Å²) in [4.78, 5) is 43.9. The Morgan fingerprint density at radius 3 is 2.76 bits per heavy atom. The maximum absolute atomic E-state index is 13.1. The summed E-state index contributed by atoms with van der Waals surface area (Å²) in [5.41, 5.74) is 8.16. The van der Waals surface area contributed by atoms with E-state index in [2.05, 4.69) is 21.4 Å². The highest BCUT2D eigenvalue weighted by atomic mass is 32.2. The van der Waals surface area contributed by atoms with Gasteiger partial charge in [-0.2, -0.15) is 0 Å². The van der Waals surface area contributed by atoms with Gasteiger partial charge in [-0.05, 0) is 30.2 Å². The summed E-state index contributed by atoms with van der Waals surface area (Å²) in [6, 6.07) is 13.1. The Morgan fingerprint density at radius 1 is 1.21 bits per heavy atom. The number of hydrogen-bond donors (Lipinski definition) is 3. The third kappa shape index (κ3) is 5.23. The molecule has 4 N–H and O–H groups in total. The summed E-state index contributed by atoms with van der Waals surface area (Å²) in [6.45, 7) is 1.73. The van der Waals surface area contributed by atoms with Gasteiger partial charge in [-0.3, -0.25) is 14.4 Å². The molecule has 3 aromatic rings. The summed E-state index contributed by atoms with van der Waals surface area (Å²) < 4.78 is 10.7. The van der Waals surface area contributed by atoms with Crippen LogP contribution in [0.4, 0.5) is 5.82 Å². The molecule has 0 radical (unpaired) electrons. The van der Waals surface area contributed by atoms with Gasteiger partial charge in [-0.1, -0.05) is 47.7 Å². The Hall–Kier alpha value is -3.79. The number of methoxy groups -OCH3 is 1. The average Bonchev–Trinajstić information content (AvgIpc) is 2.80. The molecule has 0 bridgehead atoms. The van der Waals surface area contributed by atoms with Crippen molar-refractivity contribution in [2.24, 2.45) is 5.73 Å². The zero-order chi connectivity index (χ0) is 24.2. The number of fused-ring (bicyclic) bond motifs is 1. The highest BCUT2D eigenvalue weighted by molar-refractivity contribution is 7.98. The first-order chi connectivity index (χ1) is 16.3. The fourth-order valence-electron chi connectivity index (χ4n) is 3.83. The minimum absolute atomic E-state index is 0.0815. The zero-order valence-corrected chi connectivity index (χ0v) is 19.5. The molecule has 34 heavy (non-hydrogen) atoms. The quantitative estimate of drug-likeness (QED) is 0.333. The average molecular weight is 481 g/mol. The van der Waals surface area contributed by atoms with Crippen molar-refractivity contribution >= 4 is 29.4 Å². The minimum Gasteiger partial charge on any atom is -0.493 e. The summed E-state index contributed by atoms with van der Waals surface area (Å²) in [5.74, 6) is 0.210. The Balaban J connectivity index is 1.63. The number of aromatic nitrogens is 2. The third-order valence-corrected chi connectivity index (χ3v) is 6.29. The molecular weight excluding hydrogens is 456 g/mol. The lowest BCUT2D eigenvalue weighted by molar-refractivity contribution is -0.120. The molecule has 2 amide bonds.